The average molecular weight is 401 g/mol. The second kappa shape index (κ2) is 8.57. The van der Waals surface area contributed by atoms with Crippen LogP contribution in [0.5, 0.6) is 0 Å². The van der Waals surface area contributed by atoms with Crippen LogP contribution in [0.2, 0.25) is 0 Å². The van der Waals surface area contributed by atoms with Crippen molar-refractivity contribution in [1.29, 1.82) is 0 Å². The van der Waals surface area contributed by atoms with E-state index < -0.39 is 23.2 Å². The number of aliphatic hydroxyl groups excluding tert-OH is 1. The molecule has 0 radical (unpaired) electrons. The van der Waals surface area contributed by atoms with Crippen LogP contribution in [0, 0.1) is 18.7 Å². The zero-order valence-electron chi connectivity index (χ0n) is 16.4. The van der Waals surface area contributed by atoms with E-state index in [0.717, 1.165) is 12.0 Å². The number of nitrogens with one attached hydrogen (secondary N) is 2. The van der Waals surface area contributed by atoms with Crippen molar-refractivity contribution in [3.63, 3.8) is 0 Å². The molecular formula is C21H24FN3O4. The van der Waals surface area contributed by atoms with Gasteiger partial charge in [0.2, 0.25) is 0 Å². The standard InChI is InChI=1S/C21H24FN3O4/c1-12-3-4-17(22)14(7-12)10-25-11-15(8-16(21(25)29)20(28)23-2)19(27)24-18-9-13(18)5-6-26/h3-4,7-8,11,13,18,26H,5-6,9-10H2,1-2H3,(H,23,28)(H,24,27)/t13-,18-/m1/s1. The first-order chi connectivity index (χ1) is 13.8. The Morgan fingerprint density at radius 2 is 2.03 bits per heavy atom. The number of hydrogen-bond acceptors (Lipinski definition) is 4. The minimum absolute atomic E-state index is 0.0345. The monoisotopic (exact) mass is 401 g/mol. The maximum absolute atomic E-state index is 14.2. The number of carbonyl (C=O) groups is 2. The maximum atomic E-state index is 14.2. The predicted molar refractivity (Wildman–Crippen MR) is 105 cm³/mol. The van der Waals surface area contributed by atoms with Gasteiger partial charge in [-0.1, -0.05) is 17.7 Å². The molecule has 154 valence electrons. The van der Waals surface area contributed by atoms with E-state index in [0.29, 0.717) is 6.42 Å². The van der Waals surface area contributed by atoms with Crippen LogP contribution in [0.15, 0.2) is 35.3 Å². The Hall–Kier alpha value is -3.00. The molecule has 7 nitrogen and oxygen atoms in total. The van der Waals surface area contributed by atoms with Gasteiger partial charge in [0.25, 0.3) is 17.4 Å². The van der Waals surface area contributed by atoms with E-state index in [4.69, 9.17) is 5.11 Å². The normalized spacial score (nSPS) is 17.7. The lowest BCUT2D eigenvalue weighted by atomic mass is 10.1. The molecule has 3 rings (SSSR count). The molecule has 1 fully saturated rings. The van der Waals surface area contributed by atoms with Crippen molar-refractivity contribution >= 4 is 11.8 Å². The quantitative estimate of drug-likeness (QED) is 0.649. The predicted octanol–water partition coefficient (Wildman–Crippen LogP) is 1.20. The summed E-state index contributed by atoms with van der Waals surface area (Å²) in [5, 5.41) is 14.2. The Bertz CT molecular complexity index is 1000. The molecule has 1 aromatic heterocycles. The first-order valence-electron chi connectivity index (χ1n) is 9.47. The number of aryl methyl sites for hydroxylation is 1. The zero-order valence-corrected chi connectivity index (χ0v) is 16.4. The second-order valence-corrected chi connectivity index (χ2v) is 7.34. The number of carbonyl (C=O) groups excluding carboxylic acids is 2. The molecule has 0 saturated heterocycles. The highest BCUT2D eigenvalue weighted by molar-refractivity contribution is 5.99. The second-order valence-electron chi connectivity index (χ2n) is 7.34. The highest BCUT2D eigenvalue weighted by atomic mass is 19.1. The van der Waals surface area contributed by atoms with Crippen LogP contribution in [-0.2, 0) is 6.54 Å². The Balaban J connectivity index is 1.94. The summed E-state index contributed by atoms with van der Waals surface area (Å²) in [7, 11) is 1.39. The summed E-state index contributed by atoms with van der Waals surface area (Å²) in [5.41, 5.74) is 0.476. The molecule has 1 aliphatic carbocycles. The van der Waals surface area contributed by atoms with Gasteiger partial charge in [0.15, 0.2) is 0 Å². The van der Waals surface area contributed by atoms with E-state index in [9.17, 15) is 18.8 Å². The van der Waals surface area contributed by atoms with Gasteiger partial charge in [-0.25, -0.2) is 4.39 Å². The molecule has 2 aromatic rings. The molecule has 3 N–H and O–H groups in total. The van der Waals surface area contributed by atoms with E-state index in [1.165, 1.54) is 29.9 Å². The lowest BCUT2D eigenvalue weighted by Gasteiger charge is -2.13. The van der Waals surface area contributed by atoms with Crippen LogP contribution in [0.3, 0.4) is 0 Å². The summed E-state index contributed by atoms with van der Waals surface area (Å²) in [6, 6.07) is 5.79. The van der Waals surface area contributed by atoms with Gasteiger partial charge in [-0.3, -0.25) is 14.4 Å². The molecular weight excluding hydrogens is 377 g/mol. The van der Waals surface area contributed by atoms with Crippen LogP contribution >= 0.6 is 0 Å². The van der Waals surface area contributed by atoms with Crippen molar-refractivity contribution in [3.8, 4) is 0 Å². The Labute approximate surface area is 167 Å². The van der Waals surface area contributed by atoms with Crippen LogP contribution in [0.25, 0.3) is 0 Å². The van der Waals surface area contributed by atoms with E-state index >= 15 is 0 Å². The summed E-state index contributed by atoms with van der Waals surface area (Å²) in [5.74, 6) is -1.27. The summed E-state index contributed by atoms with van der Waals surface area (Å²) < 4.78 is 15.3. The third kappa shape index (κ3) is 4.71. The molecule has 29 heavy (non-hydrogen) atoms. The van der Waals surface area contributed by atoms with Gasteiger partial charge < -0.3 is 20.3 Å². The van der Waals surface area contributed by atoms with Gasteiger partial charge >= 0.3 is 0 Å². The first-order valence-corrected chi connectivity index (χ1v) is 9.47. The smallest absolute Gasteiger partial charge is 0.263 e. The van der Waals surface area contributed by atoms with Crippen molar-refractivity contribution in [2.75, 3.05) is 13.7 Å². The van der Waals surface area contributed by atoms with Crippen LogP contribution in [0.4, 0.5) is 4.39 Å². The number of amides is 2. The number of nitrogens with zero attached hydrogens (tertiary/aromatic N) is 1. The molecule has 0 aliphatic heterocycles. The fourth-order valence-corrected chi connectivity index (χ4v) is 3.34. The number of aromatic nitrogens is 1. The van der Waals surface area contributed by atoms with Gasteiger partial charge in [-0.05, 0) is 37.8 Å². The minimum Gasteiger partial charge on any atom is -0.396 e. The van der Waals surface area contributed by atoms with Crippen molar-refractivity contribution in [2.24, 2.45) is 5.92 Å². The number of benzene rings is 1. The average Bonchev–Trinajstić information content (AvgIpc) is 3.43. The third-order valence-corrected chi connectivity index (χ3v) is 5.10. The lowest BCUT2D eigenvalue weighted by Crippen LogP contribution is -2.34. The lowest BCUT2D eigenvalue weighted by molar-refractivity contribution is 0.0947. The largest absolute Gasteiger partial charge is 0.396 e. The SMILES string of the molecule is CNC(=O)c1cc(C(=O)N[C@@H]2C[C@H]2CCO)cn(Cc2cc(C)ccc2F)c1=O. The fourth-order valence-electron chi connectivity index (χ4n) is 3.34. The summed E-state index contributed by atoms with van der Waals surface area (Å²) in [4.78, 5) is 37.5. The molecule has 8 heteroatoms. The molecule has 2 atom stereocenters. The molecule has 1 saturated carbocycles. The fraction of sp³-hybridized carbons (Fsp3) is 0.381. The van der Waals surface area contributed by atoms with Gasteiger partial charge in [0.1, 0.15) is 11.4 Å². The topological polar surface area (TPSA) is 100 Å². The first kappa shape index (κ1) is 20.7. The molecule has 0 unspecified atom stereocenters. The number of rotatable bonds is 7. The Kier molecular flexibility index (Phi) is 6.12. The van der Waals surface area contributed by atoms with Crippen LogP contribution in [-0.4, -0.2) is 41.2 Å². The van der Waals surface area contributed by atoms with E-state index in [2.05, 4.69) is 10.6 Å². The van der Waals surface area contributed by atoms with Crippen molar-refractivity contribution in [1.82, 2.24) is 15.2 Å². The number of aliphatic hydroxyl groups is 1. The van der Waals surface area contributed by atoms with Gasteiger partial charge in [0.05, 0.1) is 12.1 Å². The molecule has 0 bridgehead atoms. The number of hydrogen-bond donors (Lipinski definition) is 3. The maximum Gasteiger partial charge on any atom is 0.263 e. The highest BCUT2D eigenvalue weighted by Crippen LogP contribution is 2.33. The third-order valence-electron chi connectivity index (χ3n) is 5.10. The molecule has 2 amide bonds. The van der Waals surface area contributed by atoms with Crippen molar-refractivity contribution in [3.05, 3.63) is 68.9 Å². The summed E-state index contributed by atoms with van der Waals surface area (Å²) in [6.45, 7) is 1.77. The molecule has 1 aliphatic rings. The number of pyridine rings is 1. The van der Waals surface area contributed by atoms with E-state index in [-0.39, 0.29) is 41.8 Å². The molecule has 0 spiro atoms. The van der Waals surface area contributed by atoms with Crippen LogP contribution < -0.4 is 16.2 Å². The van der Waals surface area contributed by atoms with Gasteiger partial charge in [-0.15, -0.1) is 0 Å². The molecule has 1 heterocycles. The summed E-state index contributed by atoms with van der Waals surface area (Å²) >= 11 is 0. The Morgan fingerprint density at radius 1 is 1.28 bits per heavy atom. The zero-order chi connectivity index (χ0) is 21.1. The summed E-state index contributed by atoms with van der Waals surface area (Å²) in [6.07, 6.45) is 2.73. The Morgan fingerprint density at radius 3 is 2.72 bits per heavy atom. The molecule has 1 aromatic carbocycles. The number of halogens is 1. The van der Waals surface area contributed by atoms with Gasteiger partial charge in [0, 0.05) is 31.5 Å². The van der Waals surface area contributed by atoms with E-state index in [1.54, 1.807) is 12.1 Å². The van der Waals surface area contributed by atoms with E-state index in [1.807, 2.05) is 6.92 Å². The van der Waals surface area contributed by atoms with Crippen molar-refractivity contribution in [2.45, 2.75) is 32.4 Å². The minimum atomic E-state index is -0.618. The highest BCUT2D eigenvalue weighted by Gasteiger charge is 2.37. The van der Waals surface area contributed by atoms with Crippen LogP contribution in [0.1, 0.15) is 44.7 Å². The van der Waals surface area contributed by atoms with Crippen molar-refractivity contribution < 1.29 is 19.1 Å². The van der Waals surface area contributed by atoms with Gasteiger partial charge in [-0.2, -0.15) is 0 Å².